The summed E-state index contributed by atoms with van der Waals surface area (Å²) < 4.78 is 1.82. The maximum Gasteiger partial charge on any atom is 0.314 e. The zero-order chi connectivity index (χ0) is 12.5. The van der Waals surface area contributed by atoms with E-state index in [1.54, 1.807) is 0 Å². The van der Waals surface area contributed by atoms with Crippen molar-refractivity contribution in [2.45, 2.75) is 44.1 Å². The maximum absolute atomic E-state index is 11.2. The van der Waals surface area contributed by atoms with Gasteiger partial charge in [0.1, 0.15) is 11.7 Å². The third-order valence-corrected chi connectivity index (χ3v) is 4.82. The zero-order valence-corrected chi connectivity index (χ0v) is 11.0. The number of aryl methyl sites for hydroxylation is 1. The van der Waals surface area contributed by atoms with E-state index >= 15 is 0 Å². The summed E-state index contributed by atoms with van der Waals surface area (Å²) in [5.41, 5.74) is 0. The van der Waals surface area contributed by atoms with Crippen molar-refractivity contribution < 1.29 is 9.90 Å². The van der Waals surface area contributed by atoms with Gasteiger partial charge in [-0.15, -0.1) is 0 Å². The highest BCUT2D eigenvalue weighted by Gasteiger charge is 2.31. The monoisotopic (exact) mass is 267 g/mol. The van der Waals surface area contributed by atoms with Crippen LogP contribution in [0.5, 0.6) is 0 Å². The molecule has 1 N–H and O–H groups in total. The van der Waals surface area contributed by atoms with Crippen LogP contribution in [0.3, 0.4) is 0 Å². The van der Waals surface area contributed by atoms with Gasteiger partial charge in [0.25, 0.3) is 0 Å². The molecule has 0 bridgehead atoms. The SMILES string of the molecule is O=C(O)C1CCCn2nc(C3CCSCC3)nc21. The Morgan fingerprint density at radius 2 is 2.11 bits per heavy atom. The number of fused-ring (bicyclic) bond motifs is 1. The second-order valence-corrected chi connectivity index (χ2v) is 6.20. The predicted molar refractivity (Wildman–Crippen MR) is 68.9 cm³/mol. The van der Waals surface area contributed by atoms with Crippen molar-refractivity contribution in [2.75, 3.05) is 11.5 Å². The number of aliphatic carboxylic acids is 1. The van der Waals surface area contributed by atoms with Crippen LogP contribution in [0.2, 0.25) is 0 Å². The molecule has 0 radical (unpaired) electrons. The number of carbonyl (C=O) groups is 1. The third-order valence-electron chi connectivity index (χ3n) is 3.78. The number of carboxylic acids is 1. The Bertz CT molecular complexity index is 454. The van der Waals surface area contributed by atoms with E-state index in [2.05, 4.69) is 10.1 Å². The molecule has 98 valence electrons. The summed E-state index contributed by atoms with van der Waals surface area (Å²) >= 11 is 1.98. The van der Waals surface area contributed by atoms with Gasteiger partial charge in [-0.25, -0.2) is 9.67 Å². The molecule has 5 nitrogen and oxygen atoms in total. The molecule has 2 aliphatic heterocycles. The van der Waals surface area contributed by atoms with Gasteiger partial charge in [0, 0.05) is 12.5 Å². The summed E-state index contributed by atoms with van der Waals surface area (Å²) in [5.74, 6) is 3.07. The highest BCUT2D eigenvalue weighted by atomic mass is 32.2. The predicted octanol–water partition coefficient (Wildman–Crippen LogP) is 1.85. The fraction of sp³-hybridized carbons (Fsp3) is 0.750. The molecule has 3 heterocycles. The number of rotatable bonds is 2. The first-order valence-corrected chi connectivity index (χ1v) is 7.66. The van der Waals surface area contributed by atoms with Gasteiger partial charge < -0.3 is 5.11 Å². The standard InChI is InChI=1S/C12H17N3O2S/c16-12(17)9-2-1-5-15-11(9)13-10(14-15)8-3-6-18-7-4-8/h8-9H,1-7H2,(H,16,17). The largest absolute Gasteiger partial charge is 0.481 e. The molecule has 6 heteroatoms. The molecule has 3 rings (SSSR count). The first-order chi connectivity index (χ1) is 8.75. The van der Waals surface area contributed by atoms with E-state index in [9.17, 15) is 9.90 Å². The molecule has 1 fully saturated rings. The average molecular weight is 267 g/mol. The number of hydrogen-bond acceptors (Lipinski definition) is 4. The van der Waals surface area contributed by atoms with E-state index in [0.29, 0.717) is 18.2 Å². The van der Waals surface area contributed by atoms with E-state index in [1.807, 2.05) is 16.4 Å². The first kappa shape index (κ1) is 12.0. The number of carboxylic acid groups (broad SMARTS) is 1. The molecule has 1 saturated heterocycles. The third kappa shape index (κ3) is 2.13. The molecule has 0 amide bonds. The minimum atomic E-state index is -0.769. The normalized spacial score (nSPS) is 24.8. The number of thioether (sulfide) groups is 1. The molecule has 0 aromatic carbocycles. The van der Waals surface area contributed by atoms with Gasteiger partial charge in [0.15, 0.2) is 5.82 Å². The van der Waals surface area contributed by atoms with Crippen molar-refractivity contribution in [1.82, 2.24) is 14.8 Å². The number of hydrogen-bond donors (Lipinski definition) is 1. The zero-order valence-electron chi connectivity index (χ0n) is 10.2. The Hall–Kier alpha value is -1.04. The van der Waals surface area contributed by atoms with Crippen LogP contribution in [0.25, 0.3) is 0 Å². The smallest absolute Gasteiger partial charge is 0.314 e. The molecular formula is C12H17N3O2S. The van der Waals surface area contributed by atoms with Gasteiger partial charge in [-0.2, -0.15) is 16.9 Å². The molecule has 1 aromatic rings. The van der Waals surface area contributed by atoms with Crippen LogP contribution in [0.15, 0.2) is 0 Å². The van der Waals surface area contributed by atoms with Crippen molar-refractivity contribution in [3.05, 3.63) is 11.6 Å². The van der Waals surface area contributed by atoms with E-state index in [1.165, 1.54) is 0 Å². The summed E-state index contributed by atoms with van der Waals surface area (Å²) in [6, 6.07) is 0. The lowest BCUT2D eigenvalue weighted by Crippen LogP contribution is -2.22. The van der Waals surface area contributed by atoms with E-state index in [-0.39, 0.29) is 0 Å². The molecule has 2 aliphatic rings. The Labute approximate surface area is 110 Å². The molecule has 1 aromatic heterocycles. The van der Waals surface area contributed by atoms with Gasteiger partial charge in [0.05, 0.1) is 0 Å². The summed E-state index contributed by atoms with van der Waals surface area (Å²) in [5, 5.41) is 13.8. The van der Waals surface area contributed by atoms with Gasteiger partial charge in [-0.3, -0.25) is 4.79 Å². The van der Waals surface area contributed by atoms with Crippen molar-refractivity contribution in [3.8, 4) is 0 Å². The maximum atomic E-state index is 11.2. The first-order valence-electron chi connectivity index (χ1n) is 6.51. The van der Waals surface area contributed by atoms with E-state index in [0.717, 1.165) is 43.1 Å². The second-order valence-electron chi connectivity index (χ2n) is 4.97. The lowest BCUT2D eigenvalue weighted by atomic mass is 9.99. The Kier molecular flexibility index (Phi) is 3.28. The molecule has 1 atom stereocenters. The minimum Gasteiger partial charge on any atom is -0.481 e. The lowest BCUT2D eigenvalue weighted by Gasteiger charge is -2.17. The van der Waals surface area contributed by atoms with Crippen LogP contribution in [0.4, 0.5) is 0 Å². The van der Waals surface area contributed by atoms with Crippen LogP contribution < -0.4 is 0 Å². The lowest BCUT2D eigenvalue weighted by molar-refractivity contribution is -0.139. The average Bonchev–Trinajstić information content (AvgIpc) is 2.83. The summed E-state index contributed by atoms with van der Waals surface area (Å²) in [6.07, 6.45) is 3.80. The number of nitrogens with zero attached hydrogens (tertiary/aromatic N) is 3. The minimum absolute atomic E-state index is 0.429. The van der Waals surface area contributed by atoms with E-state index in [4.69, 9.17) is 0 Å². The highest BCUT2D eigenvalue weighted by molar-refractivity contribution is 7.99. The Morgan fingerprint density at radius 3 is 2.83 bits per heavy atom. The van der Waals surface area contributed by atoms with Crippen molar-refractivity contribution in [2.24, 2.45) is 0 Å². The van der Waals surface area contributed by atoms with Gasteiger partial charge in [-0.05, 0) is 37.2 Å². The van der Waals surface area contributed by atoms with Crippen LogP contribution >= 0.6 is 11.8 Å². The summed E-state index contributed by atoms with van der Waals surface area (Å²) in [7, 11) is 0. The van der Waals surface area contributed by atoms with Crippen LogP contribution in [0, 0.1) is 0 Å². The molecular weight excluding hydrogens is 250 g/mol. The Balaban J connectivity index is 1.88. The topological polar surface area (TPSA) is 68.0 Å². The summed E-state index contributed by atoms with van der Waals surface area (Å²) in [6.45, 7) is 0.813. The van der Waals surface area contributed by atoms with Crippen molar-refractivity contribution in [3.63, 3.8) is 0 Å². The molecule has 18 heavy (non-hydrogen) atoms. The molecule has 0 spiro atoms. The van der Waals surface area contributed by atoms with Crippen molar-refractivity contribution >= 4 is 17.7 Å². The summed E-state index contributed by atoms with van der Waals surface area (Å²) in [4.78, 5) is 15.8. The second kappa shape index (κ2) is 4.91. The Morgan fingerprint density at radius 1 is 1.33 bits per heavy atom. The quantitative estimate of drug-likeness (QED) is 0.885. The van der Waals surface area contributed by atoms with Crippen LogP contribution in [-0.4, -0.2) is 37.3 Å². The van der Waals surface area contributed by atoms with Crippen LogP contribution in [-0.2, 0) is 11.3 Å². The molecule has 1 unspecified atom stereocenters. The fourth-order valence-corrected chi connectivity index (χ4v) is 3.84. The molecule has 0 aliphatic carbocycles. The van der Waals surface area contributed by atoms with Crippen LogP contribution in [0.1, 0.15) is 49.2 Å². The van der Waals surface area contributed by atoms with E-state index < -0.39 is 11.9 Å². The van der Waals surface area contributed by atoms with Gasteiger partial charge in [0.2, 0.25) is 0 Å². The highest BCUT2D eigenvalue weighted by Crippen LogP contribution is 2.32. The fourth-order valence-electron chi connectivity index (χ4n) is 2.73. The van der Waals surface area contributed by atoms with Gasteiger partial charge >= 0.3 is 5.97 Å². The van der Waals surface area contributed by atoms with Gasteiger partial charge in [-0.1, -0.05) is 0 Å². The van der Waals surface area contributed by atoms with Crippen molar-refractivity contribution in [1.29, 1.82) is 0 Å². The molecule has 0 saturated carbocycles. The number of aromatic nitrogens is 3.